The Morgan fingerprint density at radius 3 is 2.00 bits per heavy atom. The minimum Gasteiger partial charge on any atom is -0.466 e. The molecule has 2 rings (SSSR count). The maximum Gasteiger partial charge on any atom is 0.305 e. The summed E-state index contributed by atoms with van der Waals surface area (Å²) in [6.45, 7) is 5.38. The summed E-state index contributed by atoms with van der Waals surface area (Å²) in [5.41, 5.74) is 2.21. The Morgan fingerprint density at radius 1 is 0.750 bits per heavy atom. The number of nitrogens with zero attached hydrogens (tertiary/aromatic N) is 1. The van der Waals surface area contributed by atoms with Gasteiger partial charge in [-0.25, -0.2) is 0 Å². The van der Waals surface area contributed by atoms with E-state index in [9.17, 15) is 14.4 Å². The number of unbranched alkanes of at least 4 members (excludes halogenated alkanes) is 7. The fourth-order valence-electron chi connectivity index (χ4n) is 4.89. The normalized spacial score (nSPS) is 11.6. The molecular formula is C34H50N2O4. The van der Waals surface area contributed by atoms with Gasteiger partial charge in [-0.3, -0.25) is 14.4 Å². The van der Waals surface area contributed by atoms with Gasteiger partial charge < -0.3 is 15.0 Å². The van der Waals surface area contributed by atoms with Crippen LogP contribution in [0, 0.1) is 0 Å². The summed E-state index contributed by atoms with van der Waals surface area (Å²) < 4.78 is 4.99. The molecule has 0 fully saturated rings. The monoisotopic (exact) mass is 550 g/mol. The summed E-state index contributed by atoms with van der Waals surface area (Å²) in [4.78, 5) is 40.6. The van der Waals surface area contributed by atoms with Crippen LogP contribution in [0.15, 0.2) is 60.7 Å². The minimum atomic E-state index is -0.492. The van der Waals surface area contributed by atoms with Gasteiger partial charge in [-0.15, -0.1) is 0 Å². The van der Waals surface area contributed by atoms with Crippen molar-refractivity contribution in [2.45, 2.75) is 110 Å². The molecule has 1 atom stereocenters. The Balaban J connectivity index is 2.04. The number of carbonyl (C=O) groups is 3. The van der Waals surface area contributed by atoms with Crippen LogP contribution in [0.5, 0.6) is 0 Å². The van der Waals surface area contributed by atoms with Crippen molar-refractivity contribution in [3.05, 3.63) is 71.8 Å². The lowest BCUT2D eigenvalue weighted by Gasteiger charge is -2.31. The zero-order valence-corrected chi connectivity index (χ0v) is 24.7. The molecule has 1 unspecified atom stereocenters. The quantitative estimate of drug-likeness (QED) is 0.134. The average molecular weight is 551 g/mol. The lowest BCUT2D eigenvalue weighted by atomic mass is 10.0. The van der Waals surface area contributed by atoms with Gasteiger partial charge in [0.25, 0.3) is 0 Å². The van der Waals surface area contributed by atoms with Crippen LogP contribution in [-0.4, -0.2) is 41.9 Å². The van der Waals surface area contributed by atoms with Gasteiger partial charge in [-0.05, 0) is 43.7 Å². The molecule has 2 aromatic rings. The standard InChI is InChI=1S/C34H50N2O4/c1-3-5-6-7-16-23-31(34(39)35-27-26-29-19-12-10-13-20-29)36(28-30-21-14-11-15-22-30)32(37)24-17-8-9-18-25-33(38)40-4-2/h10-15,19-22,31H,3-9,16-18,23-28H2,1-2H3,(H,35,39). The SMILES string of the molecule is CCCCCCCC(C(=O)NCCc1ccccc1)N(Cc1ccccc1)C(=O)CCCCCCC(=O)OCC. The molecule has 6 heteroatoms. The van der Waals surface area contributed by atoms with Crippen LogP contribution in [0.4, 0.5) is 0 Å². The predicted molar refractivity (Wildman–Crippen MR) is 162 cm³/mol. The first kappa shape index (κ1) is 33.1. The number of rotatable bonds is 21. The van der Waals surface area contributed by atoms with E-state index in [1.165, 1.54) is 18.4 Å². The molecule has 0 aliphatic heterocycles. The van der Waals surface area contributed by atoms with E-state index in [0.29, 0.717) is 39.0 Å². The van der Waals surface area contributed by atoms with Gasteiger partial charge in [0.2, 0.25) is 11.8 Å². The lowest BCUT2D eigenvalue weighted by Crippen LogP contribution is -2.49. The molecule has 0 radical (unpaired) electrons. The molecule has 6 nitrogen and oxygen atoms in total. The van der Waals surface area contributed by atoms with E-state index in [0.717, 1.165) is 56.9 Å². The number of benzene rings is 2. The molecule has 0 bridgehead atoms. The number of nitrogens with one attached hydrogen (secondary N) is 1. The topological polar surface area (TPSA) is 75.7 Å². The fourth-order valence-corrected chi connectivity index (χ4v) is 4.89. The van der Waals surface area contributed by atoms with Crippen LogP contribution in [0.3, 0.4) is 0 Å². The zero-order valence-electron chi connectivity index (χ0n) is 24.7. The van der Waals surface area contributed by atoms with Crippen LogP contribution in [0.1, 0.15) is 102 Å². The predicted octanol–water partition coefficient (Wildman–Crippen LogP) is 7.01. The molecule has 220 valence electrons. The molecule has 1 N–H and O–H groups in total. The average Bonchev–Trinajstić information content (AvgIpc) is 2.97. The Bertz CT molecular complexity index is 964. The summed E-state index contributed by atoms with van der Waals surface area (Å²) in [7, 11) is 0. The highest BCUT2D eigenvalue weighted by atomic mass is 16.5. The largest absolute Gasteiger partial charge is 0.466 e. The lowest BCUT2D eigenvalue weighted by molar-refractivity contribution is -0.143. The van der Waals surface area contributed by atoms with Crippen molar-refractivity contribution in [3.63, 3.8) is 0 Å². The summed E-state index contributed by atoms with van der Waals surface area (Å²) in [6.07, 6.45) is 11.0. The van der Waals surface area contributed by atoms with Crippen molar-refractivity contribution in [3.8, 4) is 0 Å². The molecule has 0 aromatic heterocycles. The summed E-state index contributed by atoms with van der Waals surface area (Å²) in [5, 5.41) is 3.13. The molecule has 0 spiro atoms. The second-order valence-corrected chi connectivity index (χ2v) is 10.5. The molecule has 0 heterocycles. The molecule has 0 aliphatic carbocycles. The zero-order chi connectivity index (χ0) is 28.8. The van der Waals surface area contributed by atoms with Crippen LogP contribution < -0.4 is 5.32 Å². The van der Waals surface area contributed by atoms with E-state index in [4.69, 9.17) is 4.74 Å². The van der Waals surface area contributed by atoms with E-state index < -0.39 is 6.04 Å². The summed E-state index contributed by atoms with van der Waals surface area (Å²) >= 11 is 0. The van der Waals surface area contributed by atoms with Crippen LogP contribution in [0.2, 0.25) is 0 Å². The molecule has 2 aromatic carbocycles. The number of carbonyl (C=O) groups excluding carboxylic acids is 3. The molecule has 0 aliphatic rings. The number of hydrogen-bond donors (Lipinski definition) is 1. The molecular weight excluding hydrogens is 500 g/mol. The number of ether oxygens (including phenoxy) is 1. The van der Waals surface area contributed by atoms with Gasteiger partial charge in [0.15, 0.2) is 0 Å². The third-order valence-corrected chi connectivity index (χ3v) is 7.16. The van der Waals surface area contributed by atoms with E-state index in [1.807, 2.05) is 60.4 Å². The Labute approximate surface area is 241 Å². The third-order valence-electron chi connectivity index (χ3n) is 7.16. The van der Waals surface area contributed by atoms with Crippen molar-refractivity contribution in [1.82, 2.24) is 10.2 Å². The van der Waals surface area contributed by atoms with Gasteiger partial charge >= 0.3 is 5.97 Å². The maximum absolute atomic E-state index is 13.6. The Morgan fingerprint density at radius 2 is 1.35 bits per heavy atom. The summed E-state index contributed by atoms with van der Waals surface area (Å²) in [5.74, 6) is -0.205. The second-order valence-electron chi connectivity index (χ2n) is 10.5. The highest BCUT2D eigenvalue weighted by Crippen LogP contribution is 2.19. The molecule has 0 saturated heterocycles. The van der Waals surface area contributed by atoms with Crippen molar-refractivity contribution in [2.75, 3.05) is 13.2 Å². The third kappa shape index (κ3) is 13.8. The van der Waals surface area contributed by atoms with Crippen molar-refractivity contribution in [1.29, 1.82) is 0 Å². The van der Waals surface area contributed by atoms with Crippen LogP contribution >= 0.6 is 0 Å². The van der Waals surface area contributed by atoms with Crippen molar-refractivity contribution in [2.24, 2.45) is 0 Å². The minimum absolute atomic E-state index is 0.0195. The number of hydrogen-bond acceptors (Lipinski definition) is 4. The van der Waals surface area contributed by atoms with Crippen molar-refractivity contribution < 1.29 is 19.1 Å². The van der Waals surface area contributed by atoms with Gasteiger partial charge in [-0.1, -0.05) is 113 Å². The Hall–Kier alpha value is -3.15. The van der Waals surface area contributed by atoms with Crippen LogP contribution in [0.25, 0.3) is 0 Å². The fraction of sp³-hybridized carbons (Fsp3) is 0.559. The maximum atomic E-state index is 13.6. The molecule has 40 heavy (non-hydrogen) atoms. The van der Waals surface area contributed by atoms with Crippen molar-refractivity contribution >= 4 is 17.8 Å². The first-order valence-electron chi connectivity index (χ1n) is 15.4. The van der Waals surface area contributed by atoms with Gasteiger partial charge in [0.1, 0.15) is 6.04 Å². The molecule has 0 saturated carbocycles. The second kappa shape index (κ2) is 20.7. The highest BCUT2D eigenvalue weighted by molar-refractivity contribution is 5.87. The van der Waals surface area contributed by atoms with E-state index >= 15 is 0 Å². The van der Waals surface area contributed by atoms with Gasteiger partial charge in [0.05, 0.1) is 6.61 Å². The van der Waals surface area contributed by atoms with Crippen LogP contribution in [-0.2, 0) is 32.1 Å². The number of esters is 1. The summed E-state index contributed by atoms with van der Waals surface area (Å²) in [6, 6.07) is 19.6. The van der Waals surface area contributed by atoms with Gasteiger partial charge in [0, 0.05) is 25.9 Å². The van der Waals surface area contributed by atoms with E-state index in [2.05, 4.69) is 24.4 Å². The van der Waals surface area contributed by atoms with Gasteiger partial charge in [-0.2, -0.15) is 0 Å². The first-order chi connectivity index (χ1) is 19.5. The van der Waals surface area contributed by atoms with E-state index in [-0.39, 0.29) is 17.8 Å². The smallest absolute Gasteiger partial charge is 0.305 e. The van der Waals surface area contributed by atoms with E-state index in [1.54, 1.807) is 0 Å². The Kier molecular flexibility index (Phi) is 17.1. The molecule has 2 amide bonds. The number of amides is 2. The highest BCUT2D eigenvalue weighted by Gasteiger charge is 2.29. The first-order valence-corrected chi connectivity index (χ1v) is 15.4.